The van der Waals surface area contributed by atoms with Gasteiger partial charge in [-0.1, -0.05) is 59.8 Å². The van der Waals surface area contributed by atoms with E-state index in [1.807, 2.05) is 0 Å². The summed E-state index contributed by atoms with van der Waals surface area (Å²) in [5.74, 6) is 3.62. The van der Waals surface area contributed by atoms with Crippen molar-refractivity contribution in [3.63, 3.8) is 0 Å². The van der Waals surface area contributed by atoms with Gasteiger partial charge in [0, 0.05) is 19.6 Å². The van der Waals surface area contributed by atoms with Gasteiger partial charge in [0.15, 0.2) is 5.65 Å². The fourth-order valence-corrected chi connectivity index (χ4v) is 4.22. The summed E-state index contributed by atoms with van der Waals surface area (Å²) >= 11 is 0. The zero-order chi connectivity index (χ0) is 23.3. The largest absolute Gasteiger partial charge is 0.356 e. The van der Waals surface area contributed by atoms with Crippen molar-refractivity contribution in [3.05, 3.63) is 35.9 Å². The van der Waals surface area contributed by atoms with Crippen LogP contribution in [0.15, 0.2) is 35.9 Å². The lowest BCUT2D eigenvalue weighted by molar-refractivity contribution is 0.549. The van der Waals surface area contributed by atoms with Crippen molar-refractivity contribution >= 4 is 22.9 Å². The van der Waals surface area contributed by atoms with Gasteiger partial charge in [0.2, 0.25) is 5.95 Å². The number of anilines is 2. The molecule has 3 N–H and O–H groups in total. The maximum Gasteiger partial charge on any atom is 0.205 e. The van der Waals surface area contributed by atoms with Crippen molar-refractivity contribution in [2.24, 2.45) is 23.5 Å². The Hall–Kier alpha value is -2.34. The van der Waals surface area contributed by atoms with Crippen LogP contribution in [0.5, 0.6) is 0 Å². The number of rotatable bonds is 11. The molecule has 6 heteroatoms. The molecule has 1 aliphatic rings. The topological polar surface area (TPSA) is 72.0 Å². The van der Waals surface area contributed by atoms with Crippen molar-refractivity contribution in [1.29, 1.82) is 0 Å². The van der Waals surface area contributed by atoms with Crippen LogP contribution in [0.1, 0.15) is 54.4 Å². The van der Waals surface area contributed by atoms with E-state index in [0.717, 1.165) is 55.4 Å². The summed E-state index contributed by atoms with van der Waals surface area (Å²) in [6.45, 7) is 17.0. The minimum atomic E-state index is 0.240. The summed E-state index contributed by atoms with van der Waals surface area (Å²) < 4.78 is 2.21. The molecule has 0 saturated carbocycles. The molecule has 2 aromatic rings. The highest BCUT2D eigenvalue weighted by molar-refractivity contribution is 5.77. The second kappa shape index (κ2) is 11.0. The third kappa shape index (κ3) is 6.12. The first kappa shape index (κ1) is 24.3. The van der Waals surface area contributed by atoms with Gasteiger partial charge in [-0.2, -0.15) is 0 Å². The molecule has 32 heavy (non-hydrogen) atoms. The summed E-state index contributed by atoms with van der Waals surface area (Å²) in [5, 5.41) is 3.65. The number of pyridine rings is 1. The summed E-state index contributed by atoms with van der Waals surface area (Å²) in [5.41, 5.74) is 9.13. The van der Waals surface area contributed by atoms with Crippen molar-refractivity contribution in [3.8, 4) is 0 Å². The molecule has 0 spiro atoms. The molecule has 176 valence electrons. The molecule has 0 radical (unpaired) electrons. The van der Waals surface area contributed by atoms with E-state index in [1.54, 1.807) is 0 Å². The highest BCUT2D eigenvalue weighted by atomic mass is 15.3. The number of nitrogens with one attached hydrogen (secondary N) is 1. The van der Waals surface area contributed by atoms with Gasteiger partial charge in [-0.15, -0.1) is 0 Å². The van der Waals surface area contributed by atoms with E-state index < -0.39 is 0 Å². The number of allylic oxidation sites excluding steroid dienone is 2. The van der Waals surface area contributed by atoms with Gasteiger partial charge in [-0.05, 0) is 54.8 Å². The number of nitrogens with two attached hydrogens (primary N) is 1. The molecule has 1 unspecified atom stereocenters. The van der Waals surface area contributed by atoms with Crippen LogP contribution >= 0.6 is 0 Å². The van der Waals surface area contributed by atoms with Gasteiger partial charge >= 0.3 is 0 Å². The average molecular weight is 439 g/mol. The predicted octanol–water partition coefficient (Wildman–Crippen LogP) is 5.22. The molecule has 1 aliphatic carbocycles. The van der Waals surface area contributed by atoms with Gasteiger partial charge in [0.1, 0.15) is 11.3 Å². The molecule has 6 nitrogen and oxygen atoms in total. The quantitative estimate of drug-likeness (QED) is 0.503. The fraction of sp³-hybridized carbons (Fsp3) is 0.615. The van der Waals surface area contributed by atoms with Crippen LogP contribution in [0.3, 0.4) is 0 Å². The van der Waals surface area contributed by atoms with E-state index >= 15 is 0 Å². The summed E-state index contributed by atoms with van der Waals surface area (Å²) in [6, 6.07) is 4.47. The Labute approximate surface area is 194 Å². The molecule has 0 aromatic carbocycles. The number of fused-ring (bicyclic) bond motifs is 1. The first-order valence-electron chi connectivity index (χ1n) is 12.3. The Morgan fingerprint density at radius 2 is 1.81 bits per heavy atom. The number of hydrogen-bond donors (Lipinski definition) is 2. The Morgan fingerprint density at radius 1 is 1.09 bits per heavy atom. The van der Waals surface area contributed by atoms with Crippen LogP contribution < -0.4 is 16.0 Å². The summed E-state index contributed by atoms with van der Waals surface area (Å²) in [6.07, 6.45) is 8.70. The molecule has 2 aromatic heterocycles. The highest BCUT2D eigenvalue weighted by Crippen LogP contribution is 2.26. The maximum atomic E-state index is 5.85. The van der Waals surface area contributed by atoms with Crippen molar-refractivity contribution in [1.82, 2.24) is 14.5 Å². The molecule has 0 saturated heterocycles. The third-order valence-electron chi connectivity index (χ3n) is 5.77. The van der Waals surface area contributed by atoms with Gasteiger partial charge in [-0.3, -0.25) is 4.57 Å². The number of hydrogen-bond acceptors (Lipinski definition) is 5. The summed E-state index contributed by atoms with van der Waals surface area (Å²) in [7, 11) is 0. The molecule has 1 atom stereocenters. The molecule has 0 bridgehead atoms. The monoisotopic (exact) mass is 438 g/mol. The zero-order valence-corrected chi connectivity index (χ0v) is 20.8. The molecular weight excluding hydrogens is 396 g/mol. The molecule has 0 fully saturated rings. The second-order valence-corrected chi connectivity index (χ2v) is 10.1. The van der Waals surface area contributed by atoms with Crippen molar-refractivity contribution < 1.29 is 0 Å². The average Bonchev–Trinajstić information content (AvgIpc) is 3.07. The standard InChI is InChI=1S/C26H42N6/c1-18(2)16-31(17-19(3)4)24-13-12-23-25(30-24)32(15-7-14-27)26(29-23)28-22-10-8-21(9-11-22)20(5)6/h8-10,12-13,18-20,22H,7,11,14-17,27H2,1-6H3,(H,28,29). The number of nitrogens with zero attached hydrogens (tertiary/aromatic N) is 4. The Bertz CT molecular complexity index is 927. The van der Waals surface area contributed by atoms with Gasteiger partial charge < -0.3 is 16.0 Å². The second-order valence-electron chi connectivity index (χ2n) is 10.1. The molecule has 0 aliphatic heterocycles. The van der Waals surface area contributed by atoms with Crippen molar-refractivity contribution in [2.75, 3.05) is 29.9 Å². The van der Waals surface area contributed by atoms with Crippen LogP contribution in [0, 0.1) is 17.8 Å². The van der Waals surface area contributed by atoms with E-state index in [2.05, 4.69) is 86.7 Å². The van der Waals surface area contributed by atoms with E-state index in [1.165, 1.54) is 5.57 Å². The minimum Gasteiger partial charge on any atom is -0.356 e. The van der Waals surface area contributed by atoms with Crippen LogP contribution in [-0.4, -0.2) is 40.2 Å². The number of aryl methyl sites for hydroxylation is 1. The molecule has 3 rings (SSSR count). The van der Waals surface area contributed by atoms with E-state index in [4.69, 9.17) is 15.7 Å². The lowest BCUT2D eigenvalue weighted by atomic mass is 9.95. The lowest BCUT2D eigenvalue weighted by Gasteiger charge is -2.27. The van der Waals surface area contributed by atoms with Gasteiger partial charge in [-0.25, -0.2) is 9.97 Å². The van der Waals surface area contributed by atoms with E-state index in [9.17, 15) is 0 Å². The molecule has 2 heterocycles. The van der Waals surface area contributed by atoms with E-state index in [-0.39, 0.29) is 6.04 Å². The highest BCUT2D eigenvalue weighted by Gasteiger charge is 2.19. The number of imidazole rings is 1. The first-order valence-corrected chi connectivity index (χ1v) is 12.3. The molecular formula is C26H42N6. The van der Waals surface area contributed by atoms with Crippen molar-refractivity contribution in [2.45, 2.75) is 67.0 Å². The Balaban J connectivity index is 1.91. The normalized spacial score (nSPS) is 16.4. The Morgan fingerprint density at radius 3 is 2.38 bits per heavy atom. The third-order valence-corrected chi connectivity index (χ3v) is 5.77. The SMILES string of the molecule is CC(C)CN(CC(C)C)c1ccc2nc(NC3C=CC(C(C)C)=CC3)n(CCCN)c2n1. The molecule has 0 amide bonds. The Kier molecular flexibility index (Phi) is 8.35. The lowest BCUT2D eigenvalue weighted by Crippen LogP contribution is -2.32. The smallest absolute Gasteiger partial charge is 0.205 e. The zero-order valence-electron chi connectivity index (χ0n) is 20.8. The fourth-order valence-electron chi connectivity index (χ4n) is 4.22. The van der Waals surface area contributed by atoms with E-state index in [0.29, 0.717) is 24.3 Å². The first-order chi connectivity index (χ1) is 15.3. The van der Waals surface area contributed by atoms with Gasteiger partial charge in [0.25, 0.3) is 0 Å². The maximum absolute atomic E-state index is 5.85. The van der Waals surface area contributed by atoms with Crippen LogP contribution in [0.25, 0.3) is 11.2 Å². The van der Waals surface area contributed by atoms with Crippen LogP contribution in [-0.2, 0) is 6.54 Å². The van der Waals surface area contributed by atoms with Crippen LogP contribution in [0.2, 0.25) is 0 Å². The summed E-state index contributed by atoms with van der Waals surface area (Å²) in [4.78, 5) is 12.4. The van der Waals surface area contributed by atoms with Crippen LogP contribution in [0.4, 0.5) is 11.8 Å². The predicted molar refractivity (Wildman–Crippen MR) is 137 cm³/mol. The van der Waals surface area contributed by atoms with Gasteiger partial charge in [0.05, 0.1) is 6.04 Å². The minimum absolute atomic E-state index is 0.240. The number of aromatic nitrogens is 3.